The van der Waals surface area contributed by atoms with Gasteiger partial charge in [-0.3, -0.25) is 0 Å². The zero-order chi connectivity index (χ0) is 14.1. The molecule has 20 heavy (non-hydrogen) atoms. The predicted molar refractivity (Wildman–Crippen MR) is 82.5 cm³/mol. The van der Waals surface area contributed by atoms with Crippen LogP contribution in [0.2, 0.25) is 0 Å². The second-order valence-electron chi connectivity index (χ2n) is 5.06. The van der Waals surface area contributed by atoms with Gasteiger partial charge in [0, 0.05) is 16.5 Å². The third kappa shape index (κ3) is 2.08. The molecular formula is C18H17NO. The smallest absolute Gasteiger partial charge is 0.0785 e. The zero-order valence-electron chi connectivity index (χ0n) is 11.7. The van der Waals surface area contributed by atoms with Crippen molar-refractivity contribution in [3.05, 3.63) is 65.7 Å². The zero-order valence-corrected chi connectivity index (χ0v) is 11.7. The fraction of sp³-hybridized carbons (Fsp3) is 0.167. The topological polar surface area (TPSA) is 33.1 Å². The molecule has 2 heteroatoms. The fourth-order valence-electron chi connectivity index (χ4n) is 2.72. The number of aliphatic hydroxyl groups excluding tert-OH is 1. The minimum absolute atomic E-state index is 0.540. The normalized spacial score (nSPS) is 12.6. The second kappa shape index (κ2) is 5.06. The molecule has 1 aromatic heterocycles. The Labute approximate surface area is 118 Å². The highest BCUT2D eigenvalue weighted by Crippen LogP contribution is 2.33. The SMILES string of the molecule is Cc1c(C(C)O)c(-c2ccccc2)nc2ccccc12. The number of hydrogen-bond acceptors (Lipinski definition) is 2. The molecule has 0 radical (unpaired) electrons. The molecule has 0 aliphatic heterocycles. The Morgan fingerprint density at radius 2 is 1.60 bits per heavy atom. The average molecular weight is 263 g/mol. The van der Waals surface area contributed by atoms with Crippen molar-refractivity contribution in [2.24, 2.45) is 0 Å². The van der Waals surface area contributed by atoms with Crippen LogP contribution in [-0.2, 0) is 0 Å². The lowest BCUT2D eigenvalue weighted by atomic mass is 9.95. The number of pyridine rings is 1. The first kappa shape index (κ1) is 12.8. The maximum atomic E-state index is 10.2. The van der Waals surface area contributed by atoms with Crippen molar-refractivity contribution in [3.8, 4) is 11.3 Å². The number of aliphatic hydroxyl groups is 1. The van der Waals surface area contributed by atoms with Gasteiger partial charge in [0.15, 0.2) is 0 Å². The van der Waals surface area contributed by atoms with Gasteiger partial charge >= 0.3 is 0 Å². The third-order valence-corrected chi connectivity index (χ3v) is 3.66. The summed E-state index contributed by atoms with van der Waals surface area (Å²) in [5.41, 5.74) is 4.89. The Morgan fingerprint density at radius 1 is 0.950 bits per heavy atom. The van der Waals surface area contributed by atoms with E-state index in [0.717, 1.165) is 33.3 Å². The lowest BCUT2D eigenvalue weighted by Crippen LogP contribution is -2.02. The molecule has 2 aromatic carbocycles. The quantitative estimate of drug-likeness (QED) is 0.749. The van der Waals surface area contributed by atoms with Crippen LogP contribution < -0.4 is 0 Å². The van der Waals surface area contributed by atoms with Crippen LogP contribution in [0, 0.1) is 6.92 Å². The number of benzene rings is 2. The summed E-state index contributed by atoms with van der Waals surface area (Å²) in [5, 5.41) is 11.3. The molecule has 0 aliphatic carbocycles. The van der Waals surface area contributed by atoms with E-state index < -0.39 is 6.10 Å². The van der Waals surface area contributed by atoms with E-state index in [0.29, 0.717) is 0 Å². The Hall–Kier alpha value is -2.19. The lowest BCUT2D eigenvalue weighted by molar-refractivity contribution is 0.199. The third-order valence-electron chi connectivity index (χ3n) is 3.66. The summed E-state index contributed by atoms with van der Waals surface area (Å²) in [7, 11) is 0. The number of aryl methyl sites for hydroxylation is 1. The van der Waals surface area contributed by atoms with E-state index in [1.807, 2.05) is 48.5 Å². The predicted octanol–water partition coefficient (Wildman–Crippen LogP) is 4.26. The standard InChI is InChI=1S/C18H17NO/c1-12-15-10-6-7-11-16(15)19-18(17(12)13(2)20)14-8-4-3-5-9-14/h3-11,13,20H,1-2H3. The summed E-state index contributed by atoms with van der Waals surface area (Å²) in [6.45, 7) is 3.85. The van der Waals surface area contributed by atoms with Crippen molar-refractivity contribution in [2.75, 3.05) is 0 Å². The minimum Gasteiger partial charge on any atom is -0.389 e. The van der Waals surface area contributed by atoms with Crippen LogP contribution in [0.15, 0.2) is 54.6 Å². The first-order valence-electron chi connectivity index (χ1n) is 6.81. The van der Waals surface area contributed by atoms with Crippen LogP contribution in [0.1, 0.15) is 24.2 Å². The number of fused-ring (bicyclic) bond motifs is 1. The molecule has 0 aliphatic rings. The summed E-state index contributed by atoms with van der Waals surface area (Å²) in [4.78, 5) is 4.77. The van der Waals surface area contributed by atoms with Gasteiger partial charge in [-0.15, -0.1) is 0 Å². The maximum absolute atomic E-state index is 10.2. The first-order valence-corrected chi connectivity index (χ1v) is 6.81. The van der Waals surface area contributed by atoms with Crippen molar-refractivity contribution < 1.29 is 5.11 Å². The number of rotatable bonds is 2. The monoisotopic (exact) mass is 263 g/mol. The number of para-hydroxylation sites is 1. The first-order chi connectivity index (χ1) is 9.68. The molecule has 0 fully saturated rings. The Balaban J connectivity index is 2.38. The highest BCUT2D eigenvalue weighted by molar-refractivity contribution is 5.87. The van der Waals surface area contributed by atoms with Crippen molar-refractivity contribution in [2.45, 2.75) is 20.0 Å². The van der Waals surface area contributed by atoms with Crippen LogP contribution in [0.3, 0.4) is 0 Å². The summed E-state index contributed by atoms with van der Waals surface area (Å²) >= 11 is 0. The number of nitrogens with zero attached hydrogens (tertiary/aromatic N) is 1. The van der Waals surface area contributed by atoms with Gasteiger partial charge in [-0.25, -0.2) is 4.98 Å². The molecule has 3 aromatic rings. The molecule has 2 nitrogen and oxygen atoms in total. The van der Waals surface area contributed by atoms with Crippen molar-refractivity contribution in [3.63, 3.8) is 0 Å². The molecule has 0 saturated carbocycles. The van der Waals surface area contributed by atoms with Gasteiger partial charge in [-0.1, -0.05) is 48.5 Å². The molecule has 1 unspecified atom stereocenters. The van der Waals surface area contributed by atoms with Crippen molar-refractivity contribution in [1.82, 2.24) is 4.98 Å². The molecular weight excluding hydrogens is 246 g/mol. The van der Waals surface area contributed by atoms with E-state index >= 15 is 0 Å². The molecule has 1 heterocycles. The summed E-state index contributed by atoms with van der Waals surface area (Å²) in [6.07, 6.45) is -0.540. The summed E-state index contributed by atoms with van der Waals surface area (Å²) in [6, 6.07) is 18.1. The van der Waals surface area contributed by atoms with Gasteiger partial charge < -0.3 is 5.11 Å². The molecule has 0 saturated heterocycles. The molecule has 1 N–H and O–H groups in total. The molecule has 3 rings (SSSR count). The molecule has 0 bridgehead atoms. The molecule has 1 atom stereocenters. The van der Waals surface area contributed by atoms with E-state index in [9.17, 15) is 5.11 Å². The lowest BCUT2D eigenvalue weighted by Gasteiger charge is -2.17. The van der Waals surface area contributed by atoms with Crippen LogP contribution in [0.25, 0.3) is 22.2 Å². The van der Waals surface area contributed by atoms with Gasteiger partial charge in [0.1, 0.15) is 0 Å². The van der Waals surface area contributed by atoms with Gasteiger partial charge in [0.25, 0.3) is 0 Å². The Kier molecular flexibility index (Phi) is 3.25. The van der Waals surface area contributed by atoms with Crippen LogP contribution in [0.4, 0.5) is 0 Å². The Morgan fingerprint density at radius 3 is 2.30 bits per heavy atom. The van der Waals surface area contributed by atoms with Crippen molar-refractivity contribution in [1.29, 1.82) is 0 Å². The van der Waals surface area contributed by atoms with Gasteiger partial charge in [0.05, 0.1) is 17.3 Å². The van der Waals surface area contributed by atoms with Gasteiger partial charge in [-0.2, -0.15) is 0 Å². The number of aromatic nitrogens is 1. The molecule has 100 valence electrons. The van der Waals surface area contributed by atoms with Gasteiger partial charge in [0.2, 0.25) is 0 Å². The average Bonchev–Trinajstić information content (AvgIpc) is 2.47. The van der Waals surface area contributed by atoms with E-state index in [4.69, 9.17) is 4.98 Å². The van der Waals surface area contributed by atoms with E-state index in [1.165, 1.54) is 0 Å². The van der Waals surface area contributed by atoms with E-state index in [1.54, 1.807) is 6.92 Å². The largest absolute Gasteiger partial charge is 0.389 e. The number of hydrogen-bond donors (Lipinski definition) is 1. The summed E-state index contributed by atoms with van der Waals surface area (Å²) in [5.74, 6) is 0. The molecule has 0 amide bonds. The highest BCUT2D eigenvalue weighted by Gasteiger charge is 2.16. The summed E-state index contributed by atoms with van der Waals surface area (Å²) < 4.78 is 0. The maximum Gasteiger partial charge on any atom is 0.0785 e. The van der Waals surface area contributed by atoms with Crippen molar-refractivity contribution >= 4 is 10.9 Å². The minimum atomic E-state index is -0.540. The van der Waals surface area contributed by atoms with Crippen LogP contribution >= 0.6 is 0 Å². The van der Waals surface area contributed by atoms with Gasteiger partial charge in [-0.05, 0) is 25.5 Å². The highest BCUT2D eigenvalue weighted by atomic mass is 16.3. The van der Waals surface area contributed by atoms with E-state index in [2.05, 4.69) is 13.0 Å². The second-order valence-corrected chi connectivity index (χ2v) is 5.06. The van der Waals surface area contributed by atoms with Crippen LogP contribution in [0.5, 0.6) is 0 Å². The van der Waals surface area contributed by atoms with Crippen LogP contribution in [-0.4, -0.2) is 10.1 Å². The van der Waals surface area contributed by atoms with E-state index in [-0.39, 0.29) is 0 Å². The molecule has 0 spiro atoms. The fourth-order valence-corrected chi connectivity index (χ4v) is 2.72. The Bertz CT molecular complexity index is 748.